The number of benzene rings is 1. The summed E-state index contributed by atoms with van der Waals surface area (Å²) in [5.41, 5.74) is 4.99. The molecule has 0 aliphatic carbocycles. The van der Waals surface area contributed by atoms with E-state index in [1.165, 1.54) is 25.5 Å². The van der Waals surface area contributed by atoms with Crippen LogP contribution in [0.15, 0.2) is 48.9 Å². The van der Waals surface area contributed by atoms with Crippen molar-refractivity contribution in [1.29, 1.82) is 0 Å². The first-order valence-corrected chi connectivity index (χ1v) is 11.1. The van der Waals surface area contributed by atoms with Crippen molar-refractivity contribution in [3.63, 3.8) is 0 Å². The van der Waals surface area contributed by atoms with E-state index < -0.39 is 6.09 Å². The number of carbonyl (C=O) groups excluding carboxylic acids is 1. The minimum atomic E-state index is -0.421. The van der Waals surface area contributed by atoms with Gasteiger partial charge in [-0.2, -0.15) is 0 Å². The molecule has 0 saturated carbocycles. The number of unbranched alkanes of at least 4 members (excludes halogenated alkanes) is 4. The van der Waals surface area contributed by atoms with Crippen LogP contribution >= 0.6 is 12.4 Å². The lowest BCUT2D eigenvalue weighted by atomic mass is 10.1. The van der Waals surface area contributed by atoms with E-state index in [9.17, 15) is 9.18 Å². The van der Waals surface area contributed by atoms with E-state index in [0.29, 0.717) is 30.8 Å². The molecule has 1 aromatic carbocycles. The normalized spacial score (nSPS) is 10.6. The molecule has 2 aromatic heterocycles. The molecular weight excluding hydrogens is 431 g/mol. The van der Waals surface area contributed by atoms with Crippen LogP contribution in [0, 0.1) is 5.82 Å². The van der Waals surface area contributed by atoms with Crippen LogP contribution in [0.2, 0.25) is 0 Å². The molecule has 0 unspecified atom stereocenters. The molecule has 0 aliphatic heterocycles. The second-order valence-corrected chi connectivity index (χ2v) is 7.62. The van der Waals surface area contributed by atoms with Gasteiger partial charge in [-0.1, -0.05) is 32.6 Å². The largest absolute Gasteiger partial charge is 0.412 e. The number of aryl methyl sites for hydroxylation is 1. The third kappa shape index (κ3) is 7.71. The monoisotopic (exact) mass is 462 g/mol. The molecule has 0 atom stereocenters. The summed E-state index contributed by atoms with van der Waals surface area (Å²) in [6, 6.07) is 9.22. The van der Waals surface area contributed by atoms with Crippen LogP contribution in [0.5, 0.6) is 5.75 Å². The van der Waals surface area contributed by atoms with Crippen molar-refractivity contribution >= 4 is 29.4 Å². The number of aromatic nitrogens is 2. The van der Waals surface area contributed by atoms with Gasteiger partial charge in [-0.05, 0) is 55.2 Å². The highest BCUT2D eigenvalue weighted by Gasteiger charge is 2.07. The van der Waals surface area contributed by atoms with Crippen LogP contribution in [0.3, 0.4) is 0 Å². The van der Waals surface area contributed by atoms with E-state index in [1.807, 2.05) is 29.1 Å². The standard InChI is InChI=1S/C24H31FN4O2.ClH/c1-2-3-4-5-6-13-27-24(30)31-21-9-10-23-20(17-21)12-16-29(23)28-14-7-8-19-11-15-26-18-22(19)25;/h9-12,15-18,28H,2-8,13-14H2,1H3,(H,27,30);1H. The van der Waals surface area contributed by atoms with Gasteiger partial charge in [-0.15, -0.1) is 12.4 Å². The lowest BCUT2D eigenvalue weighted by Gasteiger charge is -2.10. The summed E-state index contributed by atoms with van der Waals surface area (Å²) < 4.78 is 21.0. The molecule has 32 heavy (non-hydrogen) atoms. The number of hydrogen-bond acceptors (Lipinski definition) is 4. The Morgan fingerprint density at radius 1 is 1.09 bits per heavy atom. The summed E-state index contributed by atoms with van der Waals surface area (Å²) in [5, 5.41) is 3.77. The third-order valence-corrected chi connectivity index (χ3v) is 5.18. The molecule has 0 aliphatic rings. The summed E-state index contributed by atoms with van der Waals surface area (Å²) in [6.45, 7) is 3.52. The zero-order valence-corrected chi connectivity index (χ0v) is 19.3. The van der Waals surface area contributed by atoms with Crippen LogP contribution < -0.4 is 15.5 Å². The molecule has 8 heteroatoms. The minimum absolute atomic E-state index is 0. The number of hydrogen-bond donors (Lipinski definition) is 2. The lowest BCUT2D eigenvalue weighted by molar-refractivity contribution is 0.200. The molecule has 2 heterocycles. The fourth-order valence-corrected chi connectivity index (χ4v) is 3.47. The average Bonchev–Trinajstić information content (AvgIpc) is 3.17. The number of halogens is 2. The second-order valence-electron chi connectivity index (χ2n) is 7.62. The maximum absolute atomic E-state index is 13.6. The van der Waals surface area contributed by atoms with E-state index in [4.69, 9.17) is 4.74 Å². The Balaban J connectivity index is 0.00000363. The Hall–Kier alpha value is -2.80. The van der Waals surface area contributed by atoms with Crippen LogP contribution in [-0.4, -0.2) is 28.8 Å². The lowest BCUT2D eigenvalue weighted by Crippen LogP contribution is -2.27. The highest BCUT2D eigenvalue weighted by Crippen LogP contribution is 2.21. The molecule has 6 nitrogen and oxygen atoms in total. The number of rotatable bonds is 12. The van der Waals surface area contributed by atoms with Gasteiger partial charge in [0.25, 0.3) is 0 Å². The summed E-state index contributed by atoms with van der Waals surface area (Å²) in [7, 11) is 0. The highest BCUT2D eigenvalue weighted by atomic mass is 35.5. The number of pyridine rings is 1. The number of nitrogens with zero attached hydrogens (tertiary/aromatic N) is 2. The number of carbonyl (C=O) groups is 1. The molecule has 174 valence electrons. The number of ether oxygens (including phenoxy) is 1. The first kappa shape index (κ1) is 25.5. The minimum Gasteiger partial charge on any atom is -0.410 e. The smallest absolute Gasteiger partial charge is 0.410 e. The molecule has 0 bridgehead atoms. The van der Waals surface area contributed by atoms with Gasteiger partial charge in [0.15, 0.2) is 0 Å². The Kier molecular flexibility index (Phi) is 10.8. The van der Waals surface area contributed by atoms with Gasteiger partial charge >= 0.3 is 6.09 Å². The third-order valence-electron chi connectivity index (χ3n) is 5.18. The van der Waals surface area contributed by atoms with Gasteiger partial charge in [-0.25, -0.2) is 9.18 Å². The molecule has 0 saturated heterocycles. The van der Waals surface area contributed by atoms with Crippen molar-refractivity contribution in [2.24, 2.45) is 0 Å². The fraction of sp³-hybridized carbons (Fsp3) is 0.417. The molecule has 0 fully saturated rings. The van der Waals surface area contributed by atoms with Gasteiger partial charge in [0.05, 0.1) is 11.7 Å². The molecule has 0 spiro atoms. The zero-order valence-electron chi connectivity index (χ0n) is 18.5. The Morgan fingerprint density at radius 3 is 2.75 bits per heavy atom. The van der Waals surface area contributed by atoms with Crippen LogP contribution in [-0.2, 0) is 6.42 Å². The van der Waals surface area contributed by atoms with Gasteiger partial charge < -0.3 is 15.5 Å². The van der Waals surface area contributed by atoms with Crippen LogP contribution in [0.1, 0.15) is 51.0 Å². The predicted octanol–water partition coefficient (Wildman–Crippen LogP) is 5.83. The Bertz CT molecular complexity index is 980. The average molecular weight is 463 g/mol. The first-order chi connectivity index (χ1) is 15.2. The maximum atomic E-state index is 13.6. The number of amides is 1. The SMILES string of the molecule is CCCCCCCNC(=O)Oc1ccc2c(ccn2NCCCc2ccncc2F)c1.Cl. The Labute approximate surface area is 194 Å². The molecule has 0 radical (unpaired) electrons. The van der Waals surface area contributed by atoms with Gasteiger partial charge in [0.2, 0.25) is 0 Å². The van der Waals surface area contributed by atoms with Gasteiger partial charge in [0, 0.05) is 30.9 Å². The van der Waals surface area contributed by atoms with E-state index in [0.717, 1.165) is 30.2 Å². The molecule has 2 N–H and O–H groups in total. The molecule has 1 amide bonds. The van der Waals surface area contributed by atoms with E-state index >= 15 is 0 Å². The van der Waals surface area contributed by atoms with Crippen molar-refractivity contribution in [1.82, 2.24) is 15.0 Å². The first-order valence-electron chi connectivity index (χ1n) is 11.1. The van der Waals surface area contributed by atoms with Crippen molar-refractivity contribution in [3.8, 4) is 5.75 Å². The van der Waals surface area contributed by atoms with Crippen LogP contribution in [0.4, 0.5) is 9.18 Å². The zero-order chi connectivity index (χ0) is 21.9. The molecular formula is C24H32ClFN4O2. The van der Waals surface area contributed by atoms with Crippen molar-refractivity contribution in [2.75, 3.05) is 18.5 Å². The Morgan fingerprint density at radius 2 is 1.94 bits per heavy atom. The topological polar surface area (TPSA) is 68.2 Å². The van der Waals surface area contributed by atoms with Crippen molar-refractivity contribution in [2.45, 2.75) is 51.9 Å². The summed E-state index contributed by atoms with van der Waals surface area (Å²) in [6.07, 6.45) is 11.5. The van der Waals surface area contributed by atoms with E-state index in [1.54, 1.807) is 18.3 Å². The predicted molar refractivity (Wildman–Crippen MR) is 129 cm³/mol. The fourth-order valence-electron chi connectivity index (χ4n) is 3.47. The maximum Gasteiger partial charge on any atom is 0.412 e. The van der Waals surface area contributed by atoms with Gasteiger partial charge in [0.1, 0.15) is 11.6 Å². The van der Waals surface area contributed by atoms with Gasteiger partial charge in [-0.3, -0.25) is 9.66 Å². The summed E-state index contributed by atoms with van der Waals surface area (Å²) in [4.78, 5) is 15.7. The number of fused-ring (bicyclic) bond motifs is 1. The van der Waals surface area contributed by atoms with Crippen molar-refractivity contribution in [3.05, 3.63) is 60.3 Å². The van der Waals surface area contributed by atoms with Crippen molar-refractivity contribution < 1.29 is 13.9 Å². The van der Waals surface area contributed by atoms with Crippen LogP contribution in [0.25, 0.3) is 10.9 Å². The van der Waals surface area contributed by atoms with E-state index in [-0.39, 0.29) is 18.2 Å². The summed E-state index contributed by atoms with van der Waals surface area (Å²) in [5.74, 6) is 0.254. The quantitative estimate of drug-likeness (QED) is 0.332. The molecule has 3 aromatic rings. The number of nitrogens with one attached hydrogen (secondary N) is 2. The van der Waals surface area contributed by atoms with E-state index in [2.05, 4.69) is 22.7 Å². The second kappa shape index (κ2) is 13.6. The highest BCUT2D eigenvalue weighted by molar-refractivity contribution is 5.85. The molecule has 3 rings (SSSR count). The summed E-state index contributed by atoms with van der Waals surface area (Å²) >= 11 is 0.